The Kier molecular flexibility index (Phi) is 6.65. The minimum absolute atomic E-state index is 0.134. The summed E-state index contributed by atoms with van der Waals surface area (Å²) in [6.45, 7) is 2.76. The highest BCUT2D eigenvalue weighted by Crippen LogP contribution is 2.32. The molecule has 2 N–H and O–H groups in total. The van der Waals surface area contributed by atoms with E-state index < -0.39 is 11.7 Å². The van der Waals surface area contributed by atoms with Crippen molar-refractivity contribution in [2.75, 3.05) is 19.6 Å². The Bertz CT molecular complexity index is 1120. The molecule has 0 spiro atoms. The molecule has 0 saturated heterocycles. The van der Waals surface area contributed by atoms with Gasteiger partial charge in [-0.3, -0.25) is 9.69 Å². The Balaban J connectivity index is 1.17. The molecule has 2 aromatic carbocycles. The molecule has 0 unspecified atom stereocenters. The van der Waals surface area contributed by atoms with Crippen LogP contribution in [-0.4, -0.2) is 35.4 Å². The molecule has 7 heteroatoms. The number of rotatable bonds is 7. The quantitative estimate of drug-likeness (QED) is 0.393. The van der Waals surface area contributed by atoms with Crippen molar-refractivity contribution in [1.29, 1.82) is 0 Å². The summed E-state index contributed by atoms with van der Waals surface area (Å²) in [4.78, 5) is 17.4. The lowest BCUT2D eigenvalue weighted by molar-refractivity contribution is -0.137. The van der Waals surface area contributed by atoms with Crippen LogP contribution in [0.5, 0.6) is 0 Å². The Morgan fingerprint density at radius 3 is 2.81 bits per heavy atom. The Hall–Kier alpha value is -3.06. The van der Waals surface area contributed by atoms with E-state index in [4.69, 9.17) is 0 Å². The van der Waals surface area contributed by atoms with Crippen LogP contribution in [0.15, 0.2) is 54.7 Å². The largest absolute Gasteiger partial charge is 0.416 e. The second-order valence-corrected chi connectivity index (χ2v) is 8.16. The Labute approximate surface area is 185 Å². The number of H-pyrrole nitrogens is 1. The fraction of sp³-hybridized carbons (Fsp3) is 0.320. The average molecular weight is 441 g/mol. The molecule has 0 bridgehead atoms. The zero-order valence-electron chi connectivity index (χ0n) is 17.7. The van der Waals surface area contributed by atoms with E-state index in [0.717, 1.165) is 59.9 Å². The van der Waals surface area contributed by atoms with E-state index in [1.807, 2.05) is 30.5 Å². The molecule has 3 aromatic rings. The summed E-state index contributed by atoms with van der Waals surface area (Å²) in [6, 6.07) is 12.0. The maximum Gasteiger partial charge on any atom is 0.416 e. The molecular formula is C25H26F3N3O. The van der Waals surface area contributed by atoms with Crippen LogP contribution in [0.2, 0.25) is 0 Å². The number of carbonyl (C=O) groups excluding carboxylic acids is 1. The standard InChI is InChI=1S/C25H26F3N3O/c26-25(27,28)22-6-5-19-10-14-31(17-21(19)16-22)13-2-1-11-30-24(32)8-4-18-3-7-23-20(15-18)9-12-29-23/h3-9,12,15-16,29H,1-2,10-11,13-14,17H2,(H,30,32). The van der Waals surface area contributed by atoms with Gasteiger partial charge in [-0.2, -0.15) is 13.2 Å². The number of halogens is 3. The van der Waals surface area contributed by atoms with E-state index in [2.05, 4.69) is 15.2 Å². The van der Waals surface area contributed by atoms with Gasteiger partial charge in [0.05, 0.1) is 5.56 Å². The molecule has 32 heavy (non-hydrogen) atoms. The van der Waals surface area contributed by atoms with Gasteiger partial charge in [0, 0.05) is 37.4 Å². The molecule has 0 aliphatic carbocycles. The predicted octanol–water partition coefficient (Wildman–Crippen LogP) is 5.15. The second-order valence-electron chi connectivity index (χ2n) is 8.16. The maximum atomic E-state index is 13.0. The van der Waals surface area contributed by atoms with E-state index in [9.17, 15) is 18.0 Å². The summed E-state index contributed by atoms with van der Waals surface area (Å²) in [7, 11) is 0. The zero-order valence-corrected chi connectivity index (χ0v) is 17.7. The number of aromatic amines is 1. The third-order valence-electron chi connectivity index (χ3n) is 5.83. The summed E-state index contributed by atoms with van der Waals surface area (Å²) in [5, 5.41) is 3.99. The minimum Gasteiger partial charge on any atom is -0.361 e. The van der Waals surface area contributed by atoms with Crippen LogP contribution in [0.1, 0.15) is 35.1 Å². The van der Waals surface area contributed by atoms with Gasteiger partial charge in [-0.05, 0) is 84.3 Å². The summed E-state index contributed by atoms with van der Waals surface area (Å²) >= 11 is 0. The third-order valence-corrected chi connectivity index (χ3v) is 5.83. The first kappa shape index (κ1) is 22.1. The Morgan fingerprint density at radius 2 is 1.97 bits per heavy atom. The molecular weight excluding hydrogens is 415 g/mol. The number of nitrogens with zero attached hydrogens (tertiary/aromatic N) is 1. The molecule has 1 aliphatic heterocycles. The number of benzene rings is 2. The molecule has 0 atom stereocenters. The average Bonchev–Trinajstić information content (AvgIpc) is 3.24. The van der Waals surface area contributed by atoms with Crippen molar-refractivity contribution in [2.45, 2.75) is 32.0 Å². The maximum absolute atomic E-state index is 13.0. The van der Waals surface area contributed by atoms with Gasteiger partial charge in [0.2, 0.25) is 5.91 Å². The highest BCUT2D eigenvalue weighted by molar-refractivity contribution is 5.92. The lowest BCUT2D eigenvalue weighted by Gasteiger charge is -2.29. The van der Waals surface area contributed by atoms with E-state index >= 15 is 0 Å². The van der Waals surface area contributed by atoms with Crippen molar-refractivity contribution < 1.29 is 18.0 Å². The molecule has 1 aliphatic rings. The highest BCUT2D eigenvalue weighted by Gasteiger charge is 2.31. The van der Waals surface area contributed by atoms with Crippen LogP contribution in [0.4, 0.5) is 13.2 Å². The minimum atomic E-state index is -4.31. The van der Waals surface area contributed by atoms with Crippen LogP contribution < -0.4 is 5.32 Å². The fourth-order valence-corrected chi connectivity index (χ4v) is 4.06. The van der Waals surface area contributed by atoms with Crippen molar-refractivity contribution in [3.8, 4) is 0 Å². The number of carbonyl (C=O) groups is 1. The normalized spacial score (nSPS) is 14.7. The fourth-order valence-electron chi connectivity index (χ4n) is 4.06. The molecule has 1 amide bonds. The lowest BCUT2D eigenvalue weighted by atomic mass is 9.97. The second kappa shape index (κ2) is 9.61. The molecule has 0 saturated carbocycles. The van der Waals surface area contributed by atoms with Gasteiger partial charge in [0.1, 0.15) is 0 Å². The van der Waals surface area contributed by atoms with Gasteiger partial charge >= 0.3 is 6.18 Å². The number of hydrogen-bond acceptors (Lipinski definition) is 2. The topological polar surface area (TPSA) is 48.1 Å². The van der Waals surface area contributed by atoms with Gasteiger partial charge in [-0.1, -0.05) is 12.1 Å². The van der Waals surface area contributed by atoms with Crippen molar-refractivity contribution in [2.24, 2.45) is 0 Å². The van der Waals surface area contributed by atoms with Crippen molar-refractivity contribution >= 4 is 22.9 Å². The number of fused-ring (bicyclic) bond motifs is 2. The zero-order chi connectivity index (χ0) is 22.6. The van der Waals surface area contributed by atoms with Crippen LogP contribution in [-0.2, 0) is 23.9 Å². The van der Waals surface area contributed by atoms with E-state index in [0.29, 0.717) is 13.1 Å². The first-order chi connectivity index (χ1) is 15.4. The summed E-state index contributed by atoms with van der Waals surface area (Å²) < 4.78 is 38.9. The van der Waals surface area contributed by atoms with Gasteiger partial charge in [-0.15, -0.1) is 0 Å². The monoisotopic (exact) mass is 441 g/mol. The van der Waals surface area contributed by atoms with E-state index in [1.165, 1.54) is 18.2 Å². The molecule has 2 heterocycles. The predicted molar refractivity (Wildman–Crippen MR) is 120 cm³/mol. The number of nitrogens with one attached hydrogen (secondary N) is 2. The number of unbranched alkanes of at least 4 members (excludes halogenated alkanes) is 1. The van der Waals surface area contributed by atoms with Gasteiger partial charge in [-0.25, -0.2) is 0 Å². The Morgan fingerprint density at radius 1 is 1.09 bits per heavy atom. The summed E-state index contributed by atoms with van der Waals surface area (Å²) in [5.74, 6) is -0.134. The van der Waals surface area contributed by atoms with Crippen LogP contribution in [0.25, 0.3) is 17.0 Å². The van der Waals surface area contributed by atoms with Gasteiger partial charge in [0.15, 0.2) is 0 Å². The smallest absolute Gasteiger partial charge is 0.361 e. The van der Waals surface area contributed by atoms with Crippen LogP contribution in [0, 0.1) is 0 Å². The molecule has 4 rings (SSSR count). The number of hydrogen-bond donors (Lipinski definition) is 2. The highest BCUT2D eigenvalue weighted by atomic mass is 19.4. The van der Waals surface area contributed by atoms with Crippen molar-refractivity contribution in [1.82, 2.24) is 15.2 Å². The number of amides is 1. The first-order valence-corrected chi connectivity index (χ1v) is 10.8. The number of alkyl halides is 3. The van der Waals surface area contributed by atoms with Crippen LogP contribution in [0.3, 0.4) is 0 Å². The molecule has 1 aromatic heterocycles. The molecule has 4 nitrogen and oxygen atoms in total. The van der Waals surface area contributed by atoms with Crippen molar-refractivity contribution in [3.63, 3.8) is 0 Å². The molecule has 168 valence electrons. The number of aromatic nitrogens is 1. The molecule has 0 radical (unpaired) electrons. The summed E-state index contributed by atoms with van der Waals surface area (Å²) in [6.07, 6.45) is 3.37. The van der Waals surface area contributed by atoms with E-state index in [1.54, 1.807) is 12.1 Å². The van der Waals surface area contributed by atoms with Gasteiger partial charge in [0.25, 0.3) is 0 Å². The van der Waals surface area contributed by atoms with E-state index in [-0.39, 0.29) is 5.91 Å². The van der Waals surface area contributed by atoms with Crippen molar-refractivity contribution in [3.05, 3.63) is 77.0 Å². The lowest BCUT2D eigenvalue weighted by Crippen LogP contribution is -2.32. The summed E-state index contributed by atoms with van der Waals surface area (Å²) in [5.41, 5.74) is 3.21. The molecule has 0 fully saturated rings. The van der Waals surface area contributed by atoms with Gasteiger partial charge < -0.3 is 10.3 Å². The van der Waals surface area contributed by atoms with Crippen LogP contribution >= 0.6 is 0 Å². The SMILES string of the molecule is O=C(C=Cc1ccc2[nH]ccc2c1)NCCCCN1CCc2ccc(C(F)(F)F)cc2C1. The third kappa shape index (κ3) is 5.59. The first-order valence-electron chi connectivity index (χ1n) is 10.8.